The van der Waals surface area contributed by atoms with Crippen molar-refractivity contribution in [3.63, 3.8) is 0 Å². The van der Waals surface area contributed by atoms with E-state index < -0.39 is 18.6 Å². The zero-order valence-electron chi connectivity index (χ0n) is 20.3. The van der Waals surface area contributed by atoms with Gasteiger partial charge in [0.2, 0.25) is 11.7 Å². The lowest BCUT2D eigenvalue weighted by Crippen LogP contribution is -2.36. The zero-order valence-corrected chi connectivity index (χ0v) is 20.3. The van der Waals surface area contributed by atoms with Gasteiger partial charge in [-0.3, -0.25) is 9.78 Å². The van der Waals surface area contributed by atoms with Crippen LogP contribution in [0.3, 0.4) is 0 Å². The first-order chi connectivity index (χ1) is 16.2. The van der Waals surface area contributed by atoms with Crippen molar-refractivity contribution < 1.29 is 24.3 Å². The number of aliphatic hydroxyl groups is 2. The number of aryl methyl sites for hydroxylation is 3. The minimum absolute atomic E-state index is 0.00335. The molecule has 0 bridgehead atoms. The van der Waals surface area contributed by atoms with Gasteiger partial charge < -0.3 is 24.8 Å². The third kappa shape index (κ3) is 6.18. The Balaban J connectivity index is 1.80. The highest BCUT2D eigenvalue weighted by atomic mass is 16.5. The maximum Gasteiger partial charge on any atom is 0.258 e. The second kappa shape index (κ2) is 11.2. The van der Waals surface area contributed by atoms with Gasteiger partial charge in [-0.15, -0.1) is 0 Å². The molecule has 1 atom stereocenters. The van der Waals surface area contributed by atoms with E-state index in [0.29, 0.717) is 23.9 Å². The van der Waals surface area contributed by atoms with Crippen molar-refractivity contribution in [1.82, 2.24) is 20.4 Å². The van der Waals surface area contributed by atoms with E-state index in [0.717, 1.165) is 33.6 Å². The Morgan fingerprint density at radius 3 is 2.59 bits per heavy atom. The summed E-state index contributed by atoms with van der Waals surface area (Å²) in [5.41, 5.74) is 5.32. The third-order valence-corrected chi connectivity index (χ3v) is 5.33. The first-order valence-electron chi connectivity index (χ1n) is 11.4. The number of hydrogen-bond donors (Lipinski definition) is 3. The Labute approximate surface area is 199 Å². The molecule has 0 spiro atoms. The number of aliphatic hydroxyl groups excluding tert-OH is 2. The van der Waals surface area contributed by atoms with Crippen molar-refractivity contribution in [2.24, 2.45) is 0 Å². The molecule has 0 unspecified atom stereocenters. The van der Waals surface area contributed by atoms with Gasteiger partial charge in [0.15, 0.2) is 0 Å². The highest BCUT2D eigenvalue weighted by Crippen LogP contribution is 2.31. The van der Waals surface area contributed by atoms with Crippen LogP contribution in [-0.4, -0.2) is 57.1 Å². The summed E-state index contributed by atoms with van der Waals surface area (Å²) in [6.07, 6.45) is -0.202. The molecule has 0 saturated heterocycles. The molecule has 0 aliphatic rings. The van der Waals surface area contributed by atoms with Gasteiger partial charge in [-0.25, -0.2) is 0 Å². The molecule has 9 heteroatoms. The van der Waals surface area contributed by atoms with Crippen molar-refractivity contribution >= 4 is 5.91 Å². The molecule has 0 fully saturated rings. The number of nitrogens with one attached hydrogen (secondary N) is 1. The molecule has 3 rings (SSSR count). The normalized spacial score (nSPS) is 12.1. The van der Waals surface area contributed by atoms with Crippen molar-refractivity contribution in [2.45, 2.75) is 53.1 Å². The molecular weight excluding hydrogens is 436 g/mol. The van der Waals surface area contributed by atoms with E-state index >= 15 is 0 Å². The van der Waals surface area contributed by atoms with Gasteiger partial charge in [0.05, 0.1) is 0 Å². The quantitative estimate of drug-likeness (QED) is 0.414. The molecule has 3 aromatic rings. The number of nitrogens with zero attached hydrogens (tertiary/aromatic N) is 3. The number of rotatable bonds is 10. The van der Waals surface area contributed by atoms with E-state index in [4.69, 9.17) is 14.4 Å². The fourth-order valence-corrected chi connectivity index (χ4v) is 3.54. The van der Waals surface area contributed by atoms with Crippen LogP contribution in [-0.2, 0) is 11.2 Å². The maximum atomic E-state index is 11.1. The van der Waals surface area contributed by atoms with Gasteiger partial charge in [-0.05, 0) is 61.6 Å². The molecule has 1 amide bonds. The number of ether oxygens (including phenoxy) is 1. The summed E-state index contributed by atoms with van der Waals surface area (Å²) in [6.45, 7) is 9.44. The second-order valence-electron chi connectivity index (χ2n) is 8.56. The third-order valence-electron chi connectivity index (χ3n) is 5.33. The van der Waals surface area contributed by atoms with E-state index in [9.17, 15) is 9.90 Å². The predicted octanol–water partition coefficient (Wildman–Crippen LogP) is 2.95. The van der Waals surface area contributed by atoms with E-state index in [1.54, 1.807) is 0 Å². The molecule has 2 aromatic heterocycles. The Hall–Kier alpha value is -3.30. The van der Waals surface area contributed by atoms with Crippen LogP contribution in [0.4, 0.5) is 0 Å². The van der Waals surface area contributed by atoms with E-state index in [1.165, 1.54) is 0 Å². The fourth-order valence-electron chi connectivity index (χ4n) is 3.54. The van der Waals surface area contributed by atoms with Crippen molar-refractivity contribution in [2.75, 3.05) is 19.8 Å². The number of aromatic nitrogens is 3. The number of amides is 1. The summed E-state index contributed by atoms with van der Waals surface area (Å²) in [5.74, 6) is 1.33. The Bertz CT molecular complexity index is 1140. The second-order valence-corrected chi connectivity index (χ2v) is 8.56. The van der Waals surface area contributed by atoms with Crippen LogP contribution in [0.1, 0.15) is 49.2 Å². The molecule has 0 aliphatic heterocycles. The van der Waals surface area contributed by atoms with Crippen LogP contribution in [0.15, 0.2) is 28.8 Å². The minimum atomic E-state index is -0.904. The molecule has 34 heavy (non-hydrogen) atoms. The molecule has 3 N–H and O–H groups in total. The molecular formula is C25H32N4O5. The van der Waals surface area contributed by atoms with Gasteiger partial charge in [0.25, 0.3) is 5.89 Å². The highest BCUT2D eigenvalue weighted by molar-refractivity contribution is 5.76. The molecule has 182 valence electrons. The largest absolute Gasteiger partial charge is 0.490 e. The van der Waals surface area contributed by atoms with Crippen LogP contribution in [0.25, 0.3) is 22.8 Å². The van der Waals surface area contributed by atoms with Gasteiger partial charge in [-0.2, -0.15) is 4.98 Å². The Morgan fingerprint density at radius 1 is 1.15 bits per heavy atom. The standard InChI is InChI=1S/C25H32N4O5/c1-6-17-9-18(7-15(4)23(17)33-13-20(31)11-26-22(32)12-30)24-28-25(34-29-24)19-8-16(5)27-21(10-19)14(2)3/h7-10,14,20,30-31H,6,11-13H2,1-5H3,(H,26,32)/t20-/m1/s1. The molecule has 2 heterocycles. The van der Waals surface area contributed by atoms with Crippen LogP contribution in [0, 0.1) is 13.8 Å². The Kier molecular flexibility index (Phi) is 8.36. The van der Waals surface area contributed by atoms with Gasteiger partial charge in [0.1, 0.15) is 25.1 Å². The number of carbonyl (C=O) groups is 1. The topological polar surface area (TPSA) is 131 Å². The number of pyridine rings is 1. The summed E-state index contributed by atoms with van der Waals surface area (Å²) in [4.78, 5) is 20.3. The molecule has 0 saturated carbocycles. The van der Waals surface area contributed by atoms with Gasteiger partial charge >= 0.3 is 0 Å². The average molecular weight is 469 g/mol. The van der Waals surface area contributed by atoms with Crippen LogP contribution < -0.4 is 10.1 Å². The van der Waals surface area contributed by atoms with Crippen LogP contribution >= 0.6 is 0 Å². The number of hydrogen-bond acceptors (Lipinski definition) is 8. The summed E-state index contributed by atoms with van der Waals surface area (Å²) >= 11 is 0. The van der Waals surface area contributed by atoms with Crippen molar-refractivity contribution in [3.8, 4) is 28.6 Å². The zero-order chi connectivity index (χ0) is 24.8. The minimum Gasteiger partial charge on any atom is -0.490 e. The Morgan fingerprint density at radius 2 is 1.91 bits per heavy atom. The summed E-state index contributed by atoms with van der Waals surface area (Å²) in [5, 5.41) is 25.4. The first-order valence-corrected chi connectivity index (χ1v) is 11.4. The molecule has 0 radical (unpaired) electrons. The molecule has 0 aliphatic carbocycles. The van der Waals surface area contributed by atoms with Gasteiger partial charge in [0, 0.05) is 29.1 Å². The van der Waals surface area contributed by atoms with E-state index in [1.807, 2.05) is 45.0 Å². The number of benzene rings is 1. The summed E-state index contributed by atoms with van der Waals surface area (Å²) < 4.78 is 11.4. The summed E-state index contributed by atoms with van der Waals surface area (Å²) in [7, 11) is 0. The van der Waals surface area contributed by atoms with E-state index in [2.05, 4.69) is 34.3 Å². The molecule has 1 aromatic carbocycles. The maximum absolute atomic E-state index is 11.1. The molecule has 9 nitrogen and oxygen atoms in total. The van der Waals surface area contributed by atoms with Crippen LogP contribution in [0.5, 0.6) is 5.75 Å². The summed E-state index contributed by atoms with van der Waals surface area (Å²) in [6, 6.07) is 7.77. The van der Waals surface area contributed by atoms with Gasteiger partial charge in [-0.1, -0.05) is 25.9 Å². The van der Waals surface area contributed by atoms with Crippen molar-refractivity contribution in [3.05, 3.63) is 46.8 Å². The monoisotopic (exact) mass is 468 g/mol. The average Bonchev–Trinajstić information content (AvgIpc) is 3.31. The predicted molar refractivity (Wildman–Crippen MR) is 128 cm³/mol. The highest BCUT2D eigenvalue weighted by Gasteiger charge is 2.17. The lowest BCUT2D eigenvalue weighted by Gasteiger charge is -2.17. The first kappa shape index (κ1) is 25.3. The lowest BCUT2D eigenvalue weighted by molar-refractivity contribution is -0.124. The SMILES string of the molecule is CCc1cc(-c2noc(-c3cc(C)nc(C(C)C)c3)n2)cc(C)c1OC[C@H](O)CNC(=O)CO. The van der Waals surface area contributed by atoms with Crippen molar-refractivity contribution in [1.29, 1.82) is 0 Å². The van der Waals surface area contributed by atoms with Crippen LogP contribution in [0.2, 0.25) is 0 Å². The fraction of sp³-hybridized carbons (Fsp3) is 0.440. The smallest absolute Gasteiger partial charge is 0.258 e. The lowest BCUT2D eigenvalue weighted by atomic mass is 10.0. The van der Waals surface area contributed by atoms with E-state index in [-0.39, 0.29) is 19.1 Å². The number of carbonyl (C=O) groups excluding carboxylic acids is 1.